The molecule has 1 aromatic carbocycles. The van der Waals surface area contributed by atoms with Crippen molar-refractivity contribution in [1.29, 1.82) is 0 Å². The minimum absolute atomic E-state index is 0.304. The summed E-state index contributed by atoms with van der Waals surface area (Å²) in [6.07, 6.45) is 0.976. The van der Waals surface area contributed by atoms with E-state index in [1.165, 1.54) is 17.0 Å². The van der Waals surface area contributed by atoms with E-state index in [1.54, 1.807) is 17.4 Å². The molecule has 2 N–H and O–H groups in total. The summed E-state index contributed by atoms with van der Waals surface area (Å²) in [7, 11) is -1.25. The lowest BCUT2D eigenvalue weighted by Gasteiger charge is -2.02. The van der Waals surface area contributed by atoms with Crippen molar-refractivity contribution in [2.45, 2.75) is 24.0 Å². The molecular weight excluding hydrogens is 269 g/mol. The highest BCUT2D eigenvalue weighted by atomic mass is 32.2. The van der Waals surface area contributed by atoms with Crippen molar-refractivity contribution in [3.8, 4) is 0 Å². The minimum atomic E-state index is -1.25. The average Bonchev–Trinajstić information content (AvgIpc) is 2.75. The standard InChI is InChI=1S/C13H14FNOS2/c1-2-11-3-4-12(17-11)8-18(16)13-6-9(14)5-10(15)7-13/h3-7H,2,8,15H2,1H3. The topological polar surface area (TPSA) is 43.1 Å². The normalized spacial score (nSPS) is 12.6. The molecule has 2 rings (SSSR count). The van der Waals surface area contributed by atoms with E-state index in [4.69, 9.17) is 5.73 Å². The molecule has 0 bridgehead atoms. The second-order valence-electron chi connectivity index (χ2n) is 3.93. The number of rotatable bonds is 4. The Balaban J connectivity index is 2.16. The zero-order valence-corrected chi connectivity index (χ0v) is 11.6. The Morgan fingerprint density at radius 1 is 1.28 bits per heavy atom. The first-order valence-corrected chi connectivity index (χ1v) is 7.74. The maximum atomic E-state index is 13.2. The summed E-state index contributed by atoms with van der Waals surface area (Å²) >= 11 is 1.65. The molecule has 18 heavy (non-hydrogen) atoms. The van der Waals surface area contributed by atoms with Crippen LogP contribution in [-0.2, 0) is 23.0 Å². The minimum Gasteiger partial charge on any atom is -0.399 e. The Morgan fingerprint density at radius 3 is 2.61 bits per heavy atom. The first-order valence-electron chi connectivity index (χ1n) is 5.60. The van der Waals surface area contributed by atoms with Crippen LogP contribution in [-0.4, -0.2) is 4.21 Å². The van der Waals surface area contributed by atoms with E-state index in [1.807, 2.05) is 12.1 Å². The molecule has 5 heteroatoms. The van der Waals surface area contributed by atoms with Gasteiger partial charge in [0.1, 0.15) is 5.82 Å². The second-order valence-corrected chi connectivity index (χ2v) is 6.64. The van der Waals surface area contributed by atoms with Crippen LogP contribution in [0.2, 0.25) is 0 Å². The van der Waals surface area contributed by atoms with Gasteiger partial charge >= 0.3 is 0 Å². The Hall–Kier alpha value is -1.20. The molecule has 0 saturated heterocycles. The number of anilines is 1. The fourth-order valence-electron chi connectivity index (χ4n) is 1.62. The summed E-state index contributed by atoms with van der Waals surface area (Å²) in [5, 5.41) is 0. The molecule has 2 aromatic rings. The van der Waals surface area contributed by atoms with Crippen molar-refractivity contribution in [1.82, 2.24) is 0 Å². The number of hydrogen-bond acceptors (Lipinski definition) is 3. The lowest BCUT2D eigenvalue weighted by molar-refractivity contribution is 0.623. The number of hydrogen-bond donors (Lipinski definition) is 1. The van der Waals surface area contributed by atoms with Crippen LogP contribution in [0, 0.1) is 5.82 Å². The van der Waals surface area contributed by atoms with Gasteiger partial charge in [-0.2, -0.15) is 0 Å². The third-order valence-corrected chi connectivity index (χ3v) is 5.24. The van der Waals surface area contributed by atoms with Gasteiger partial charge in [0.15, 0.2) is 0 Å². The smallest absolute Gasteiger partial charge is 0.126 e. The van der Waals surface area contributed by atoms with E-state index in [0.29, 0.717) is 16.3 Å². The van der Waals surface area contributed by atoms with Gasteiger partial charge in [-0.3, -0.25) is 4.21 Å². The molecule has 1 aromatic heterocycles. The van der Waals surface area contributed by atoms with E-state index < -0.39 is 16.6 Å². The Kier molecular flexibility index (Phi) is 4.14. The van der Waals surface area contributed by atoms with Crippen molar-refractivity contribution in [3.05, 3.63) is 45.9 Å². The number of benzene rings is 1. The van der Waals surface area contributed by atoms with Gasteiger partial charge in [0.25, 0.3) is 0 Å². The summed E-state index contributed by atoms with van der Waals surface area (Å²) in [4.78, 5) is 2.76. The Labute approximate surface area is 112 Å². The highest BCUT2D eigenvalue weighted by Crippen LogP contribution is 2.22. The van der Waals surface area contributed by atoms with Crippen LogP contribution in [0.5, 0.6) is 0 Å². The van der Waals surface area contributed by atoms with E-state index in [2.05, 4.69) is 6.92 Å². The highest BCUT2D eigenvalue weighted by Gasteiger charge is 2.09. The van der Waals surface area contributed by atoms with Gasteiger partial charge in [-0.15, -0.1) is 11.3 Å². The summed E-state index contributed by atoms with van der Waals surface area (Å²) in [5.74, 6) is -0.0353. The third-order valence-electron chi connectivity index (χ3n) is 2.50. The zero-order chi connectivity index (χ0) is 13.1. The molecule has 1 atom stereocenters. The van der Waals surface area contributed by atoms with Crippen molar-refractivity contribution in [3.63, 3.8) is 0 Å². The van der Waals surface area contributed by atoms with E-state index in [0.717, 1.165) is 11.3 Å². The molecule has 0 amide bonds. The number of thiophene rings is 1. The second kappa shape index (κ2) is 5.63. The van der Waals surface area contributed by atoms with Crippen molar-refractivity contribution in [2.24, 2.45) is 0 Å². The third kappa shape index (κ3) is 3.17. The van der Waals surface area contributed by atoms with Crippen LogP contribution >= 0.6 is 11.3 Å². The van der Waals surface area contributed by atoms with Crippen molar-refractivity contribution >= 4 is 27.8 Å². The molecule has 2 nitrogen and oxygen atoms in total. The fraction of sp³-hybridized carbons (Fsp3) is 0.231. The molecule has 0 spiro atoms. The van der Waals surface area contributed by atoms with E-state index >= 15 is 0 Å². The van der Waals surface area contributed by atoms with Gasteiger partial charge in [0.05, 0.1) is 16.6 Å². The van der Waals surface area contributed by atoms with E-state index in [9.17, 15) is 8.60 Å². The Morgan fingerprint density at radius 2 is 2.00 bits per heavy atom. The summed E-state index contributed by atoms with van der Waals surface area (Å²) in [6, 6.07) is 8.08. The molecule has 1 unspecified atom stereocenters. The average molecular weight is 283 g/mol. The van der Waals surface area contributed by atoms with Gasteiger partial charge < -0.3 is 5.73 Å². The zero-order valence-electron chi connectivity index (χ0n) is 9.98. The first-order chi connectivity index (χ1) is 8.58. The lowest BCUT2D eigenvalue weighted by Crippen LogP contribution is -1.97. The highest BCUT2D eigenvalue weighted by molar-refractivity contribution is 7.84. The fourth-order valence-corrected chi connectivity index (χ4v) is 3.96. The van der Waals surface area contributed by atoms with Crippen LogP contribution in [0.25, 0.3) is 0 Å². The maximum absolute atomic E-state index is 13.2. The lowest BCUT2D eigenvalue weighted by atomic mass is 10.3. The molecule has 0 radical (unpaired) electrons. The molecule has 0 aliphatic carbocycles. The number of nitrogen functional groups attached to an aromatic ring is 1. The monoisotopic (exact) mass is 283 g/mol. The SMILES string of the molecule is CCc1ccc(CS(=O)c2cc(N)cc(F)c2)s1. The van der Waals surface area contributed by atoms with Crippen LogP contribution in [0.1, 0.15) is 16.7 Å². The van der Waals surface area contributed by atoms with Crippen LogP contribution < -0.4 is 5.73 Å². The molecular formula is C13H14FNOS2. The van der Waals surface area contributed by atoms with Crippen molar-refractivity contribution in [2.75, 3.05) is 5.73 Å². The summed E-state index contributed by atoms with van der Waals surface area (Å²) < 4.78 is 25.3. The van der Waals surface area contributed by atoms with Gasteiger partial charge in [0, 0.05) is 20.3 Å². The maximum Gasteiger partial charge on any atom is 0.126 e. The van der Waals surface area contributed by atoms with Crippen molar-refractivity contribution < 1.29 is 8.60 Å². The molecule has 0 saturated carbocycles. The van der Waals surface area contributed by atoms with Crippen LogP contribution in [0.4, 0.5) is 10.1 Å². The van der Waals surface area contributed by atoms with Gasteiger partial charge in [-0.1, -0.05) is 6.92 Å². The van der Waals surface area contributed by atoms with Gasteiger partial charge in [-0.25, -0.2) is 4.39 Å². The quantitative estimate of drug-likeness (QED) is 0.875. The largest absolute Gasteiger partial charge is 0.399 e. The molecule has 0 fully saturated rings. The van der Waals surface area contributed by atoms with Crippen LogP contribution in [0.15, 0.2) is 35.2 Å². The molecule has 0 aliphatic rings. The van der Waals surface area contributed by atoms with E-state index in [-0.39, 0.29) is 0 Å². The number of halogens is 1. The summed E-state index contributed by atoms with van der Waals surface area (Å²) in [6.45, 7) is 2.08. The summed E-state index contributed by atoms with van der Waals surface area (Å²) in [5.41, 5.74) is 5.85. The van der Waals surface area contributed by atoms with Gasteiger partial charge in [0.2, 0.25) is 0 Å². The number of nitrogens with two attached hydrogens (primary N) is 1. The molecule has 96 valence electrons. The first kappa shape index (κ1) is 13.2. The number of aryl methyl sites for hydroxylation is 1. The molecule has 1 heterocycles. The molecule has 0 aliphatic heterocycles. The van der Waals surface area contributed by atoms with Gasteiger partial charge in [-0.05, 0) is 36.8 Å². The predicted octanol–water partition coefficient (Wildman–Crippen LogP) is 3.34. The predicted molar refractivity (Wildman–Crippen MR) is 74.6 cm³/mol. The van der Waals surface area contributed by atoms with Crippen LogP contribution in [0.3, 0.4) is 0 Å². The Bertz CT molecular complexity index is 560.